The average Bonchev–Trinajstić information content (AvgIpc) is 1.98. The van der Waals surface area contributed by atoms with Gasteiger partial charge in [-0.05, 0) is 14.0 Å². The van der Waals surface area contributed by atoms with Gasteiger partial charge in [0.2, 0.25) is 0 Å². The summed E-state index contributed by atoms with van der Waals surface area (Å²) in [6.07, 6.45) is 5.86. The van der Waals surface area contributed by atoms with Crippen LogP contribution in [0.5, 0.6) is 0 Å². The molecule has 0 radical (unpaired) electrons. The number of terminal acetylenes is 1. The molecule has 2 nitrogen and oxygen atoms in total. The lowest BCUT2D eigenvalue weighted by Gasteiger charge is -2.11. The quantitative estimate of drug-likeness (QED) is 0.567. The molecule has 0 aliphatic heterocycles. The Bertz CT molecular complexity index is 106. The van der Waals surface area contributed by atoms with Crippen molar-refractivity contribution in [3.05, 3.63) is 0 Å². The van der Waals surface area contributed by atoms with Gasteiger partial charge < -0.3 is 10.1 Å². The molecule has 0 heterocycles. The Labute approximate surface area is 63.0 Å². The van der Waals surface area contributed by atoms with E-state index in [1.807, 2.05) is 14.0 Å². The normalized spacial score (nSPS) is 12.5. The maximum Gasteiger partial charge on any atom is 0.0628 e. The molecule has 0 aliphatic rings. The fourth-order valence-electron chi connectivity index (χ4n) is 0.647. The van der Waals surface area contributed by atoms with E-state index in [2.05, 4.69) is 11.2 Å². The highest BCUT2D eigenvalue weighted by atomic mass is 16.5. The van der Waals surface area contributed by atoms with Gasteiger partial charge in [0.15, 0.2) is 0 Å². The zero-order valence-corrected chi connectivity index (χ0v) is 6.68. The summed E-state index contributed by atoms with van der Waals surface area (Å²) in [7, 11) is 1.89. The van der Waals surface area contributed by atoms with Crippen molar-refractivity contribution >= 4 is 0 Å². The summed E-state index contributed by atoms with van der Waals surface area (Å²) in [6.45, 7) is 3.43. The first-order valence-corrected chi connectivity index (χ1v) is 3.53. The number of hydrogen-bond donors (Lipinski definition) is 1. The van der Waals surface area contributed by atoms with Gasteiger partial charge >= 0.3 is 0 Å². The van der Waals surface area contributed by atoms with E-state index in [0.717, 1.165) is 13.0 Å². The van der Waals surface area contributed by atoms with Crippen LogP contribution < -0.4 is 5.32 Å². The SMILES string of the molecule is C#CCC(COCC)NC. The molecule has 0 bridgehead atoms. The van der Waals surface area contributed by atoms with Crippen molar-refractivity contribution in [2.75, 3.05) is 20.3 Å². The monoisotopic (exact) mass is 141 g/mol. The van der Waals surface area contributed by atoms with Crippen LogP contribution in [0.2, 0.25) is 0 Å². The number of rotatable bonds is 5. The van der Waals surface area contributed by atoms with Crippen molar-refractivity contribution in [3.63, 3.8) is 0 Å². The van der Waals surface area contributed by atoms with E-state index in [9.17, 15) is 0 Å². The van der Waals surface area contributed by atoms with Gasteiger partial charge in [-0.15, -0.1) is 12.3 Å². The van der Waals surface area contributed by atoms with Crippen LogP contribution in [0.3, 0.4) is 0 Å². The number of likely N-dealkylation sites (N-methyl/N-ethyl adjacent to an activating group) is 1. The van der Waals surface area contributed by atoms with Gasteiger partial charge in [-0.3, -0.25) is 0 Å². The van der Waals surface area contributed by atoms with Gasteiger partial charge in [-0.2, -0.15) is 0 Å². The summed E-state index contributed by atoms with van der Waals surface area (Å²) in [5.74, 6) is 2.59. The summed E-state index contributed by atoms with van der Waals surface area (Å²) in [4.78, 5) is 0. The third-order valence-corrected chi connectivity index (χ3v) is 1.30. The fourth-order valence-corrected chi connectivity index (χ4v) is 0.647. The molecule has 0 aliphatic carbocycles. The van der Waals surface area contributed by atoms with Crippen LogP contribution in [0.15, 0.2) is 0 Å². The van der Waals surface area contributed by atoms with Gasteiger partial charge in [0, 0.05) is 19.1 Å². The summed E-state index contributed by atoms with van der Waals surface area (Å²) < 4.78 is 5.18. The standard InChI is InChI=1S/C8H15NO/c1-4-6-8(9-3)7-10-5-2/h1,8-9H,5-7H2,2-3H3. The molecule has 1 atom stereocenters. The predicted octanol–water partition coefficient (Wildman–Crippen LogP) is 0.634. The van der Waals surface area contributed by atoms with Crippen molar-refractivity contribution in [1.29, 1.82) is 0 Å². The molecule has 0 aromatic heterocycles. The molecule has 1 unspecified atom stereocenters. The van der Waals surface area contributed by atoms with Crippen LogP contribution in [0.25, 0.3) is 0 Å². The van der Waals surface area contributed by atoms with E-state index >= 15 is 0 Å². The van der Waals surface area contributed by atoms with Gasteiger partial charge in [0.05, 0.1) is 6.61 Å². The van der Waals surface area contributed by atoms with Gasteiger partial charge in [0.1, 0.15) is 0 Å². The van der Waals surface area contributed by atoms with Crippen molar-refractivity contribution in [2.24, 2.45) is 0 Å². The minimum atomic E-state index is 0.310. The van der Waals surface area contributed by atoms with Crippen LogP contribution in [0.4, 0.5) is 0 Å². The van der Waals surface area contributed by atoms with Crippen LogP contribution in [-0.2, 0) is 4.74 Å². The molecule has 0 aromatic carbocycles. The Morgan fingerprint density at radius 2 is 2.40 bits per heavy atom. The minimum Gasteiger partial charge on any atom is -0.380 e. The van der Waals surface area contributed by atoms with E-state index in [4.69, 9.17) is 11.2 Å². The molecule has 0 saturated heterocycles. The first-order chi connectivity index (χ1) is 4.85. The van der Waals surface area contributed by atoms with Crippen molar-refractivity contribution in [1.82, 2.24) is 5.32 Å². The maximum absolute atomic E-state index is 5.18. The zero-order valence-electron chi connectivity index (χ0n) is 6.68. The third-order valence-electron chi connectivity index (χ3n) is 1.30. The molecule has 10 heavy (non-hydrogen) atoms. The molecule has 0 saturated carbocycles. The smallest absolute Gasteiger partial charge is 0.0628 e. The topological polar surface area (TPSA) is 21.3 Å². The second-order valence-corrected chi connectivity index (χ2v) is 2.05. The summed E-state index contributed by atoms with van der Waals surface area (Å²) >= 11 is 0. The lowest BCUT2D eigenvalue weighted by molar-refractivity contribution is 0.126. The Morgan fingerprint density at radius 3 is 2.80 bits per heavy atom. The lowest BCUT2D eigenvalue weighted by Crippen LogP contribution is -2.29. The molecule has 0 amide bonds. The third kappa shape index (κ3) is 4.37. The molecular formula is C8H15NO. The van der Waals surface area contributed by atoms with Crippen LogP contribution in [0, 0.1) is 12.3 Å². The molecular weight excluding hydrogens is 126 g/mol. The molecule has 1 N–H and O–H groups in total. The van der Waals surface area contributed by atoms with Gasteiger partial charge in [-0.25, -0.2) is 0 Å². The second-order valence-electron chi connectivity index (χ2n) is 2.05. The van der Waals surface area contributed by atoms with Crippen molar-refractivity contribution in [3.8, 4) is 12.3 Å². The number of hydrogen-bond acceptors (Lipinski definition) is 2. The zero-order chi connectivity index (χ0) is 7.82. The van der Waals surface area contributed by atoms with E-state index in [-0.39, 0.29) is 0 Å². The van der Waals surface area contributed by atoms with Crippen LogP contribution in [0.1, 0.15) is 13.3 Å². The largest absolute Gasteiger partial charge is 0.380 e. The maximum atomic E-state index is 5.18. The Balaban J connectivity index is 3.32. The van der Waals surface area contributed by atoms with Crippen LogP contribution >= 0.6 is 0 Å². The fraction of sp³-hybridized carbons (Fsp3) is 0.750. The molecule has 58 valence electrons. The highest BCUT2D eigenvalue weighted by Gasteiger charge is 2.01. The predicted molar refractivity (Wildman–Crippen MR) is 42.8 cm³/mol. The summed E-state index contributed by atoms with van der Waals surface area (Å²) in [6, 6.07) is 0.310. The highest BCUT2D eigenvalue weighted by Crippen LogP contribution is 1.89. The lowest BCUT2D eigenvalue weighted by atomic mass is 10.2. The highest BCUT2D eigenvalue weighted by molar-refractivity contribution is 4.89. The van der Waals surface area contributed by atoms with Crippen molar-refractivity contribution in [2.45, 2.75) is 19.4 Å². The number of ether oxygens (including phenoxy) is 1. The van der Waals surface area contributed by atoms with Crippen molar-refractivity contribution < 1.29 is 4.74 Å². The number of nitrogens with one attached hydrogen (secondary N) is 1. The second kappa shape index (κ2) is 6.60. The van der Waals surface area contributed by atoms with E-state index < -0.39 is 0 Å². The molecule has 0 aromatic rings. The first-order valence-electron chi connectivity index (χ1n) is 3.53. The summed E-state index contributed by atoms with van der Waals surface area (Å²) in [5.41, 5.74) is 0. The van der Waals surface area contributed by atoms with Gasteiger partial charge in [0.25, 0.3) is 0 Å². The molecule has 0 rings (SSSR count). The Hall–Kier alpha value is -0.520. The van der Waals surface area contributed by atoms with E-state index in [1.54, 1.807) is 0 Å². The average molecular weight is 141 g/mol. The summed E-state index contributed by atoms with van der Waals surface area (Å²) in [5, 5.41) is 3.07. The van der Waals surface area contributed by atoms with E-state index in [0.29, 0.717) is 12.6 Å². The molecule has 0 spiro atoms. The molecule has 0 fully saturated rings. The van der Waals surface area contributed by atoms with E-state index in [1.165, 1.54) is 0 Å². The van der Waals surface area contributed by atoms with Gasteiger partial charge in [-0.1, -0.05) is 0 Å². The van der Waals surface area contributed by atoms with Crippen LogP contribution in [-0.4, -0.2) is 26.3 Å². The minimum absolute atomic E-state index is 0.310. The Morgan fingerprint density at radius 1 is 1.70 bits per heavy atom. The Kier molecular flexibility index (Phi) is 6.25. The first kappa shape index (κ1) is 9.48. The molecule has 2 heteroatoms.